The molecule has 0 aliphatic rings. The van der Waals surface area contributed by atoms with Crippen LogP contribution in [-0.2, 0) is 4.79 Å². The minimum Gasteiger partial charge on any atom is -0.497 e. The van der Waals surface area contributed by atoms with E-state index >= 15 is 0 Å². The van der Waals surface area contributed by atoms with Crippen LogP contribution in [0.5, 0.6) is 5.75 Å². The summed E-state index contributed by atoms with van der Waals surface area (Å²) in [5.41, 5.74) is 1.95. The van der Waals surface area contributed by atoms with Gasteiger partial charge in [0.05, 0.1) is 19.1 Å². The van der Waals surface area contributed by atoms with Gasteiger partial charge in [0.1, 0.15) is 5.75 Å². The number of hydrogen-bond acceptors (Lipinski definition) is 6. The van der Waals surface area contributed by atoms with Gasteiger partial charge in [0.15, 0.2) is 11.0 Å². The van der Waals surface area contributed by atoms with E-state index in [1.165, 1.54) is 0 Å². The summed E-state index contributed by atoms with van der Waals surface area (Å²) in [7, 11) is 1.63. The lowest BCUT2D eigenvalue weighted by molar-refractivity contribution is -0.133. The van der Waals surface area contributed by atoms with Crippen LogP contribution in [0.15, 0.2) is 54.1 Å². The quantitative estimate of drug-likeness (QED) is 0.544. The van der Waals surface area contributed by atoms with Gasteiger partial charge in [-0.15, -0.1) is 0 Å². The number of aromatic nitrogens is 4. The van der Waals surface area contributed by atoms with E-state index in [9.17, 15) is 4.79 Å². The van der Waals surface area contributed by atoms with Crippen LogP contribution < -0.4 is 4.74 Å². The van der Waals surface area contributed by atoms with Crippen molar-refractivity contribution in [3.63, 3.8) is 0 Å². The van der Waals surface area contributed by atoms with Crippen molar-refractivity contribution in [2.75, 3.05) is 12.9 Å². The van der Waals surface area contributed by atoms with E-state index in [2.05, 4.69) is 15.1 Å². The van der Waals surface area contributed by atoms with Gasteiger partial charge in [-0.05, 0) is 17.7 Å². The number of benzene rings is 1. The summed E-state index contributed by atoms with van der Waals surface area (Å²) >= 11 is 1.07. The standard InChI is InChI=1S/C16H14N4O3S/c1-23-13-4-2-11(3-5-13)12-8-18-20(9-12)14-6-7-17-16(19-14)24-10-15(21)22/h2-9H,10H2,1H3,(H,21,22). The summed E-state index contributed by atoms with van der Waals surface area (Å²) in [6.45, 7) is 0. The van der Waals surface area contributed by atoms with E-state index in [4.69, 9.17) is 9.84 Å². The third-order valence-corrected chi connectivity index (χ3v) is 4.03. The molecule has 0 bridgehead atoms. The number of ether oxygens (including phenoxy) is 1. The summed E-state index contributed by atoms with van der Waals surface area (Å²) in [6.07, 6.45) is 5.19. The molecule has 2 aromatic heterocycles. The number of hydrogen-bond donors (Lipinski definition) is 1. The second kappa shape index (κ2) is 7.14. The van der Waals surface area contributed by atoms with E-state index < -0.39 is 5.97 Å². The number of thioether (sulfide) groups is 1. The van der Waals surface area contributed by atoms with Crippen LogP contribution in [0, 0.1) is 0 Å². The molecule has 0 saturated carbocycles. The van der Waals surface area contributed by atoms with E-state index in [0.29, 0.717) is 11.0 Å². The first kappa shape index (κ1) is 16.0. The van der Waals surface area contributed by atoms with Gasteiger partial charge < -0.3 is 9.84 Å². The minimum atomic E-state index is -0.908. The van der Waals surface area contributed by atoms with Gasteiger partial charge in [-0.25, -0.2) is 14.6 Å². The molecule has 2 heterocycles. The molecule has 3 rings (SSSR count). The molecule has 0 saturated heterocycles. The van der Waals surface area contributed by atoms with Gasteiger partial charge in [0.25, 0.3) is 0 Å². The molecule has 1 aromatic carbocycles. The number of aliphatic carboxylic acids is 1. The summed E-state index contributed by atoms with van der Waals surface area (Å²) in [6, 6.07) is 9.40. The minimum absolute atomic E-state index is 0.0837. The van der Waals surface area contributed by atoms with E-state index in [-0.39, 0.29) is 5.75 Å². The first-order valence-corrected chi connectivity index (χ1v) is 8.01. The predicted molar refractivity (Wildman–Crippen MR) is 89.5 cm³/mol. The fourth-order valence-electron chi connectivity index (χ4n) is 2.04. The maximum absolute atomic E-state index is 10.6. The van der Waals surface area contributed by atoms with Crippen molar-refractivity contribution in [3.05, 3.63) is 48.9 Å². The zero-order valence-electron chi connectivity index (χ0n) is 12.8. The van der Waals surface area contributed by atoms with Crippen LogP contribution in [0.4, 0.5) is 0 Å². The smallest absolute Gasteiger partial charge is 0.313 e. The van der Waals surface area contributed by atoms with Gasteiger partial charge in [0, 0.05) is 24.0 Å². The summed E-state index contributed by atoms with van der Waals surface area (Å²) < 4.78 is 6.78. The second-order valence-electron chi connectivity index (χ2n) is 4.78. The summed E-state index contributed by atoms with van der Waals surface area (Å²) in [5.74, 6) is 0.384. The molecule has 0 fully saturated rings. The third kappa shape index (κ3) is 3.72. The molecule has 1 N–H and O–H groups in total. The Balaban J connectivity index is 1.82. The van der Waals surface area contributed by atoms with Crippen molar-refractivity contribution in [1.82, 2.24) is 19.7 Å². The SMILES string of the molecule is COc1ccc(-c2cnn(-c3ccnc(SCC(=O)O)n3)c2)cc1. The molecule has 0 radical (unpaired) electrons. The molecule has 7 nitrogen and oxygen atoms in total. The van der Waals surface area contributed by atoms with Crippen LogP contribution in [0.1, 0.15) is 0 Å². The number of nitrogens with zero attached hydrogens (tertiary/aromatic N) is 4. The summed E-state index contributed by atoms with van der Waals surface area (Å²) in [5, 5.41) is 13.4. The molecule has 8 heteroatoms. The Morgan fingerprint density at radius 2 is 2.04 bits per heavy atom. The Hall–Kier alpha value is -2.87. The average molecular weight is 342 g/mol. The Labute approximate surface area is 142 Å². The molecule has 0 aliphatic heterocycles. The highest BCUT2D eigenvalue weighted by atomic mass is 32.2. The first-order valence-electron chi connectivity index (χ1n) is 7.03. The maximum Gasteiger partial charge on any atom is 0.313 e. The largest absolute Gasteiger partial charge is 0.497 e. The maximum atomic E-state index is 10.6. The molecular weight excluding hydrogens is 328 g/mol. The van der Waals surface area contributed by atoms with Crippen LogP contribution in [0.2, 0.25) is 0 Å². The highest BCUT2D eigenvalue weighted by molar-refractivity contribution is 7.99. The average Bonchev–Trinajstić information content (AvgIpc) is 3.10. The monoisotopic (exact) mass is 342 g/mol. The van der Waals surface area contributed by atoms with Gasteiger partial charge in [-0.3, -0.25) is 4.79 Å². The number of carboxylic acid groups (broad SMARTS) is 1. The molecule has 0 aliphatic carbocycles. The zero-order valence-corrected chi connectivity index (χ0v) is 13.6. The fraction of sp³-hybridized carbons (Fsp3) is 0.125. The summed E-state index contributed by atoms with van der Waals surface area (Å²) in [4.78, 5) is 19.0. The number of rotatable bonds is 6. The Morgan fingerprint density at radius 1 is 1.25 bits per heavy atom. The lowest BCUT2D eigenvalue weighted by atomic mass is 10.1. The third-order valence-electron chi connectivity index (χ3n) is 3.18. The van der Waals surface area contributed by atoms with Crippen molar-refractivity contribution in [2.45, 2.75) is 5.16 Å². The van der Waals surface area contributed by atoms with Crippen molar-refractivity contribution in [1.29, 1.82) is 0 Å². The lowest BCUT2D eigenvalue weighted by Gasteiger charge is -2.02. The van der Waals surface area contributed by atoms with E-state index in [1.807, 2.05) is 30.5 Å². The van der Waals surface area contributed by atoms with Gasteiger partial charge in [-0.1, -0.05) is 23.9 Å². The van der Waals surface area contributed by atoms with Gasteiger partial charge >= 0.3 is 5.97 Å². The van der Waals surface area contributed by atoms with Gasteiger partial charge in [0.2, 0.25) is 0 Å². The predicted octanol–water partition coefficient (Wildman–Crippen LogP) is 2.51. The van der Waals surface area contributed by atoms with Crippen LogP contribution in [0.3, 0.4) is 0 Å². The molecular formula is C16H14N4O3S. The lowest BCUT2D eigenvalue weighted by Crippen LogP contribution is -2.02. The zero-order chi connectivity index (χ0) is 16.9. The normalized spacial score (nSPS) is 10.5. The fourth-order valence-corrected chi connectivity index (χ4v) is 2.58. The molecule has 0 atom stereocenters. The van der Waals surface area contributed by atoms with Crippen LogP contribution >= 0.6 is 11.8 Å². The van der Waals surface area contributed by atoms with Crippen molar-refractivity contribution >= 4 is 17.7 Å². The van der Waals surface area contributed by atoms with Crippen molar-refractivity contribution < 1.29 is 14.6 Å². The van der Waals surface area contributed by atoms with Crippen molar-refractivity contribution in [3.8, 4) is 22.7 Å². The number of carboxylic acids is 1. The van der Waals surface area contributed by atoms with Gasteiger partial charge in [-0.2, -0.15) is 5.10 Å². The molecule has 0 unspecified atom stereocenters. The van der Waals surface area contributed by atoms with E-state index in [0.717, 1.165) is 28.6 Å². The Bertz CT molecular complexity index is 849. The highest BCUT2D eigenvalue weighted by Crippen LogP contribution is 2.23. The molecule has 0 spiro atoms. The van der Waals surface area contributed by atoms with Crippen LogP contribution in [0.25, 0.3) is 16.9 Å². The van der Waals surface area contributed by atoms with Crippen LogP contribution in [-0.4, -0.2) is 43.7 Å². The number of carbonyl (C=O) groups is 1. The molecule has 24 heavy (non-hydrogen) atoms. The second-order valence-corrected chi connectivity index (χ2v) is 5.72. The molecule has 122 valence electrons. The Kier molecular flexibility index (Phi) is 4.76. The highest BCUT2D eigenvalue weighted by Gasteiger charge is 2.08. The molecule has 0 amide bonds. The Morgan fingerprint density at radius 3 is 2.75 bits per heavy atom. The van der Waals surface area contributed by atoms with E-state index in [1.54, 1.807) is 30.3 Å². The topological polar surface area (TPSA) is 90.1 Å². The first-order chi connectivity index (χ1) is 11.7. The van der Waals surface area contributed by atoms with Crippen molar-refractivity contribution in [2.24, 2.45) is 0 Å². The number of methoxy groups -OCH3 is 1. The molecule has 3 aromatic rings.